The second-order valence-electron chi connectivity index (χ2n) is 5.85. The van der Waals surface area contributed by atoms with Crippen LogP contribution in [0.2, 0.25) is 0 Å². The molecule has 0 atom stereocenters. The van der Waals surface area contributed by atoms with Crippen LogP contribution >= 0.6 is 0 Å². The van der Waals surface area contributed by atoms with Gasteiger partial charge in [-0.15, -0.1) is 0 Å². The molecule has 0 aliphatic carbocycles. The van der Waals surface area contributed by atoms with Crippen molar-refractivity contribution in [1.82, 2.24) is 19.0 Å². The number of carbonyl (C=O) groups excluding carboxylic acids is 1. The molecule has 25 heavy (non-hydrogen) atoms. The van der Waals surface area contributed by atoms with Gasteiger partial charge in [-0.05, 0) is 12.1 Å². The standard InChI is InChI=1S/C16H22N4O4S/c21-16(5-12-25(22,23)19-8-10-24-11-9-19)17-6-4-15-18-13-14-3-1-2-7-20(14)15/h1-3,7,13H,4-6,8-12H2,(H,17,21). The number of fused-ring (bicyclic) bond motifs is 1. The zero-order valence-electron chi connectivity index (χ0n) is 13.9. The van der Waals surface area contributed by atoms with Crippen LogP contribution < -0.4 is 5.32 Å². The Hall–Kier alpha value is -1.97. The number of carbonyl (C=O) groups is 1. The van der Waals surface area contributed by atoms with Crippen LogP contribution in [0.25, 0.3) is 5.52 Å². The number of rotatable bonds is 7. The molecule has 1 amide bonds. The highest BCUT2D eigenvalue weighted by Crippen LogP contribution is 2.08. The second kappa shape index (κ2) is 7.94. The Balaban J connectivity index is 1.43. The van der Waals surface area contributed by atoms with Crippen molar-refractivity contribution in [2.45, 2.75) is 12.8 Å². The third-order valence-corrected chi connectivity index (χ3v) is 6.01. The molecular weight excluding hydrogens is 344 g/mol. The summed E-state index contributed by atoms with van der Waals surface area (Å²) in [7, 11) is -3.40. The van der Waals surface area contributed by atoms with Gasteiger partial charge in [-0.3, -0.25) is 4.79 Å². The number of amides is 1. The Labute approximate surface area is 146 Å². The summed E-state index contributed by atoms with van der Waals surface area (Å²) in [5.41, 5.74) is 1.00. The molecule has 1 N–H and O–H groups in total. The van der Waals surface area contributed by atoms with Gasteiger partial charge in [0.2, 0.25) is 15.9 Å². The summed E-state index contributed by atoms with van der Waals surface area (Å²) in [4.78, 5) is 16.3. The zero-order valence-corrected chi connectivity index (χ0v) is 14.7. The molecule has 2 aromatic heterocycles. The first-order valence-corrected chi connectivity index (χ1v) is 9.90. The van der Waals surface area contributed by atoms with Crippen molar-refractivity contribution >= 4 is 21.4 Å². The Morgan fingerprint density at radius 3 is 2.88 bits per heavy atom. The lowest BCUT2D eigenvalue weighted by atomic mass is 10.3. The lowest BCUT2D eigenvalue weighted by Crippen LogP contribution is -2.42. The van der Waals surface area contributed by atoms with Crippen LogP contribution in [-0.2, 0) is 26.0 Å². The van der Waals surface area contributed by atoms with E-state index in [0.29, 0.717) is 39.3 Å². The number of sulfonamides is 1. The second-order valence-corrected chi connectivity index (χ2v) is 7.94. The Kier molecular flexibility index (Phi) is 5.67. The summed E-state index contributed by atoms with van der Waals surface area (Å²) in [5.74, 6) is 0.417. The van der Waals surface area contributed by atoms with Gasteiger partial charge in [-0.2, -0.15) is 4.31 Å². The van der Waals surface area contributed by atoms with E-state index in [9.17, 15) is 13.2 Å². The SMILES string of the molecule is O=C(CCS(=O)(=O)N1CCOCC1)NCCc1ncc2ccccn12. The van der Waals surface area contributed by atoms with E-state index in [1.165, 1.54) is 4.31 Å². The van der Waals surface area contributed by atoms with Gasteiger partial charge in [-0.25, -0.2) is 13.4 Å². The van der Waals surface area contributed by atoms with Gasteiger partial charge in [0.1, 0.15) is 5.82 Å². The molecule has 0 bridgehead atoms. The maximum Gasteiger partial charge on any atom is 0.221 e. The molecule has 8 nitrogen and oxygen atoms in total. The van der Waals surface area contributed by atoms with Gasteiger partial charge in [0.25, 0.3) is 0 Å². The number of hydrogen-bond acceptors (Lipinski definition) is 5. The molecule has 0 saturated carbocycles. The Morgan fingerprint density at radius 2 is 2.08 bits per heavy atom. The number of imidazole rings is 1. The summed E-state index contributed by atoms with van der Waals surface area (Å²) >= 11 is 0. The number of ether oxygens (including phenoxy) is 1. The maximum atomic E-state index is 12.2. The molecule has 0 spiro atoms. The fourth-order valence-corrected chi connectivity index (χ4v) is 4.17. The van der Waals surface area contributed by atoms with Crippen LogP contribution in [0.1, 0.15) is 12.2 Å². The highest BCUT2D eigenvalue weighted by Gasteiger charge is 2.24. The molecule has 3 heterocycles. The molecular formula is C16H22N4O4S. The monoisotopic (exact) mass is 366 g/mol. The number of nitrogens with one attached hydrogen (secondary N) is 1. The topological polar surface area (TPSA) is 93.0 Å². The smallest absolute Gasteiger partial charge is 0.221 e. The molecule has 3 rings (SSSR count). The highest BCUT2D eigenvalue weighted by atomic mass is 32.2. The van der Waals surface area contributed by atoms with Gasteiger partial charge in [0.15, 0.2) is 0 Å². The van der Waals surface area contributed by atoms with Crippen molar-refractivity contribution in [3.05, 3.63) is 36.4 Å². The van der Waals surface area contributed by atoms with E-state index in [-0.39, 0.29) is 18.1 Å². The maximum absolute atomic E-state index is 12.2. The number of morpholine rings is 1. The first kappa shape index (κ1) is 17.8. The molecule has 1 aliphatic heterocycles. The number of nitrogens with zero attached hydrogens (tertiary/aromatic N) is 3. The fourth-order valence-electron chi connectivity index (χ4n) is 2.76. The molecule has 1 saturated heterocycles. The van der Waals surface area contributed by atoms with Crippen molar-refractivity contribution < 1.29 is 17.9 Å². The van der Waals surface area contributed by atoms with E-state index in [2.05, 4.69) is 10.3 Å². The minimum absolute atomic E-state index is 0.0397. The number of pyridine rings is 1. The fraction of sp³-hybridized carbons (Fsp3) is 0.500. The molecule has 1 fully saturated rings. The van der Waals surface area contributed by atoms with Crippen molar-refractivity contribution in [2.75, 3.05) is 38.6 Å². The van der Waals surface area contributed by atoms with Crippen molar-refractivity contribution in [1.29, 1.82) is 0 Å². The van der Waals surface area contributed by atoms with Crippen LogP contribution in [0.3, 0.4) is 0 Å². The van der Waals surface area contributed by atoms with Crippen LogP contribution in [0.4, 0.5) is 0 Å². The van der Waals surface area contributed by atoms with Crippen molar-refractivity contribution in [3.63, 3.8) is 0 Å². The first-order chi connectivity index (χ1) is 12.1. The Morgan fingerprint density at radius 1 is 1.28 bits per heavy atom. The molecule has 0 radical (unpaired) electrons. The van der Waals surface area contributed by atoms with E-state index >= 15 is 0 Å². The molecule has 1 aliphatic rings. The molecule has 9 heteroatoms. The molecule has 2 aromatic rings. The van der Waals surface area contributed by atoms with Crippen LogP contribution in [0.15, 0.2) is 30.6 Å². The summed E-state index contributed by atoms with van der Waals surface area (Å²) in [6.45, 7) is 1.95. The van der Waals surface area contributed by atoms with Gasteiger partial charge < -0.3 is 14.5 Å². The highest BCUT2D eigenvalue weighted by molar-refractivity contribution is 7.89. The average Bonchev–Trinajstić information content (AvgIpc) is 3.04. The number of aromatic nitrogens is 2. The quantitative estimate of drug-likeness (QED) is 0.747. The van der Waals surface area contributed by atoms with Gasteiger partial charge in [0.05, 0.1) is 30.7 Å². The molecule has 136 valence electrons. The number of hydrogen-bond donors (Lipinski definition) is 1. The van der Waals surface area contributed by atoms with Crippen LogP contribution in [-0.4, -0.2) is 66.6 Å². The predicted molar refractivity (Wildman–Crippen MR) is 92.7 cm³/mol. The third kappa shape index (κ3) is 4.56. The van der Waals surface area contributed by atoms with Crippen LogP contribution in [0, 0.1) is 0 Å². The van der Waals surface area contributed by atoms with E-state index in [0.717, 1.165) is 11.3 Å². The van der Waals surface area contributed by atoms with Crippen molar-refractivity contribution in [2.24, 2.45) is 0 Å². The molecule has 0 aromatic carbocycles. The lowest BCUT2D eigenvalue weighted by Gasteiger charge is -2.25. The van der Waals surface area contributed by atoms with Gasteiger partial charge in [-0.1, -0.05) is 6.07 Å². The van der Waals surface area contributed by atoms with E-state index < -0.39 is 10.0 Å². The zero-order chi connectivity index (χ0) is 17.7. The largest absolute Gasteiger partial charge is 0.379 e. The first-order valence-electron chi connectivity index (χ1n) is 8.29. The van der Waals surface area contributed by atoms with E-state index in [1.807, 2.05) is 28.8 Å². The predicted octanol–water partition coefficient (Wildman–Crippen LogP) is 0.0451. The minimum atomic E-state index is -3.40. The van der Waals surface area contributed by atoms with Gasteiger partial charge in [0, 0.05) is 38.7 Å². The minimum Gasteiger partial charge on any atom is -0.379 e. The van der Waals surface area contributed by atoms with E-state index in [1.54, 1.807) is 6.20 Å². The van der Waals surface area contributed by atoms with E-state index in [4.69, 9.17) is 4.74 Å². The summed E-state index contributed by atoms with van der Waals surface area (Å²) in [6.07, 6.45) is 4.25. The summed E-state index contributed by atoms with van der Waals surface area (Å²) in [6, 6.07) is 5.83. The normalized spacial score (nSPS) is 16.2. The summed E-state index contributed by atoms with van der Waals surface area (Å²) in [5, 5.41) is 2.76. The van der Waals surface area contributed by atoms with Gasteiger partial charge >= 0.3 is 0 Å². The third-order valence-electron chi connectivity index (χ3n) is 4.14. The van der Waals surface area contributed by atoms with Crippen molar-refractivity contribution in [3.8, 4) is 0 Å². The lowest BCUT2D eigenvalue weighted by molar-refractivity contribution is -0.120. The van der Waals surface area contributed by atoms with Crippen LogP contribution in [0.5, 0.6) is 0 Å². The Bertz CT molecular complexity index is 828. The summed E-state index contributed by atoms with van der Waals surface area (Å²) < 4.78 is 32.9. The molecule has 0 unspecified atom stereocenters. The average molecular weight is 366 g/mol.